The second-order valence-electron chi connectivity index (χ2n) is 11.0. The summed E-state index contributed by atoms with van der Waals surface area (Å²) in [6.45, 7) is 6.28. The smallest absolute Gasteiger partial charge is 0.153 e. The zero-order chi connectivity index (χ0) is 24.0. The van der Waals surface area contributed by atoms with Crippen molar-refractivity contribution in [2.45, 2.75) is 77.5 Å². The Bertz CT molecular complexity index is 1180. The molecule has 2 aliphatic carbocycles. The SMILES string of the molecule is Cc1ccc([C@H](F)c2c(C3CCCC3)nc3c(c2-c2ccc(F)cc2)[C@@H](O)CC(C)(C)C3)cc1. The molecule has 1 saturated carbocycles. The van der Waals surface area contributed by atoms with E-state index in [1.165, 1.54) is 12.1 Å². The number of hydrogen-bond donors (Lipinski definition) is 1. The molecule has 1 fully saturated rings. The highest BCUT2D eigenvalue weighted by molar-refractivity contribution is 5.75. The molecule has 2 atom stereocenters. The van der Waals surface area contributed by atoms with E-state index in [1.807, 2.05) is 31.2 Å². The van der Waals surface area contributed by atoms with E-state index in [1.54, 1.807) is 12.1 Å². The predicted molar refractivity (Wildman–Crippen MR) is 132 cm³/mol. The van der Waals surface area contributed by atoms with Crippen LogP contribution in [-0.4, -0.2) is 10.1 Å². The van der Waals surface area contributed by atoms with Crippen molar-refractivity contribution >= 4 is 0 Å². The van der Waals surface area contributed by atoms with E-state index in [0.717, 1.165) is 60.2 Å². The van der Waals surface area contributed by atoms with Gasteiger partial charge in [-0.05, 0) is 66.8 Å². The highest BCUT2D eigenvalue weighted by Crippen LogP contribution is 2.50. The second-order valence-corrected chi connectivity index (χ2v) is 11.0. The van der Waals surface area contributed by atoms with Crippen LogP contribution in [-0.2, 0) is 6.42 Å². The molecule has 178 valence electrons. The lowest BCUT2D eigenvalue weighted by atomic mass is 9.71. The van der Waals surface area contributed by atoms with Crippen molar-refractivity contribution in [2.24, 2.45) is 5.41 Å². The summed E-state index contributed by atoms with van der Waals surface area (Å²) in [5, 5.41) is 11.3. The predicted octanol–water partition coefficient (Wildman–Crippen LogP) is 7.92. The zero-order valence-corrected chi connectivity index (χ0v) is 20.2. The fourth-order valence-corrected chi connectivity index (χ4v) is 5.92. The van der Waals surface area contributed by atoms with Crippen LogP contribution in [0.5, 0.6) is 0 Å². The van der Waals surface area contributed by atoms with Crippen LogP contribution in [0.1, 0.15) is 97.8 Å². The Hall–Kier alpha value is -2.59. The van der Waals surface area contributed by atoms with Gasteiger partial charge in [-0.2, -0.15) is 0 Å². The number of rotatable bonds is 4. The van der Waals surface area contributed by atoms with Gasteiger partial charge in [-0.15, -0.1) is 0 Å². The average Bonchev–Trinajstić information content (AvgIpc) is 3.32. The third-order valence-corrected chi connectivity index (χ3v) is 7.60. The van der Waals surface area contributed by atoms with E-state index in [2.05, 4.69) is 13.8 Å². The molecule has 34 heavy (non-hydrogen) atoms. The standard InChI is InChI=1S/C30H33F2NO/c1-18-8-10-20(11-9-18)28(32)27-25(19-12-14-22(31)15-13-19)26-23(16-30(2,3)17-24(26)34)33-29(27)21-6-4-5-7-21/h8-15,21,24,28,34H,4-7,16-17H2,1-3H3/t24-,28-/m0/s1. The van der Waals surface area contributed by atoms with Crippen molar-refractivity contribution < 1.29 is 13.9 Å². The van der Waals surface area contributed by atoms with Crippen molar-refractivity contribution in [3.05, 3.63) is 88.0 Å². The van der Waals surface area contributed by atoms with Crippen molar-refractivity contribution in [1.82, 2.24) is 4.98 Å². The molecular weight excluding hydrogens is 428 g/mol. The molecule has 5 rings (SSSR count). The highest BCUT2D eigenvalue weighted by atomic mass is 19.1. The number of fused-ring (bicyclic) bond motifs is 1. The van der Waals surface area contributed by atoms with Gasteiger partial charge >= 0.3 is 0 Å². The Labute approximate surface area is 201 Å². The summed E-state index contributed by atoms with van der Waals surface area (Å²) in [4.78, 5) is 5.14. The Morgan fingerprint density at radius 2 is 1.65 bits per heavy atom. The van der Waals surface area contributed by atoms with Gasteiger partial charge in [-0.1, -0.05) is 68.7 Å². The third-order valence-electron chi connectivity index (χ3n) is 7.60. The lowest BCUT2D eigenvalue weighted by Gasteiger charge is -2.37. The second kappa shape index (κ2) is 8.88. The van der Waals surface area contributed by atoms with Crippen LogP contribution >= 0.6 is 0 Å². The summed E-state index contributed by atoms with van der Waals surface area (Å²) in [6.07, 6.45) is 3.41. The lowest BCUT2D eigenvalue weighted by Crippen LogP contribution is -2.29. The van der Waals surface area contributed by atoms with Gasteiger partial charge in [0.1, 0.15) is 5.82 Å². The number of hydrogen-bond acceptors (Lipinski definition) is 2. The number of aryl methyl sites for hydroxylation is 1. The van der Waals surface area contributed by atoms with Crippen molar-refractivity contribution in [3.63, 3.8) is 0 Å². The normalized spacial score (nSPS) is 20.8. The van der Waals surface area contributed by atoms with Crippen molar-refractivity contribution in [3.8, 4) is 11.1 Å². The lowest BCUT2D eigenvalue weighted by molar-refractivity contribution is 0.0983. The summed E-state index contributed by atoms with van der Waals surface area (Å²) in [5.41, 5.74) is 5.98. The summed E-state index contributed by atoms with van der Waals surface area (Å²) < 4.78 is 30.5. The molecule has 0 bridgehead atoms. The van der Waals surface area contributed by atoms with Crippen LogP contribution in [0.3, 0.4) is 0 Å². The first-order chi connectivity index (χ1) is 16.2. The molecule has 0 aliphatic heterocycles. The quantitative estimate of drug-likeness (QED) is 0.428. The number of aliphatic hydroxyl groups excluding tert-OH is 1. The maximum Gasteiger partial charge on any atom is 0.153 e. The molecule has 0 unspecified atom stereocenters. The van der Waals surface area contributed by atoms with Crippen LogP contribution in [0.15, 0.2) is 48.5 Å². The van der Waals surface area contributed by atoms with Gasteiger partial charge in [0.25, 0.3) is 0 Å². The number of nitrogens with zero attached hydrogens (tertiary/aromatic N) is 1. The molecule has 0 amide bonds. The topological polar surface area (TPSA) is 33.1 Å². The maximum absolute atomic E-state index is 16.6. The van der Waals surface area contributed by atoms with Gasteiger partial charge in [0.05, 0.1) is 11.8 Å². The number of pyridine rings is 1. The number of halogens is 2. The van der Waals surface area contributed by atoms with Crippen LogP contribution in [0.25, 0.3) is 11.1 Å². The van der Waals surface area contributed by atoms with Gasteiger partial charge in [0.15, 0.2) is 6.17 Å². The summed E-state index contributed by atoms with van der Waals surface area (Å²) in [6, 6.07) is 13.8. The number of aliphatic hydroxyl groups is 1. The highest BCUT2D eigenvalue weighted by Gasteiger charge is 2.39. The molecule has 0 radical (unpaired) electrons. The van der Waals surface area contributed by atoms with Crippen LogP contribution in [0.4, 0.5) is 8.78 Å². The molecule has 1 N–H and O–H groups in total. The van der Waals surface area contributed by atoms with Gasteiger partial charge in [-0.25, -0.2) is 8.78 Å². The number of aromatic nitrogens is 1. The molecule has 2 aliphatic rings. The monoisotopic (exact) mass is 461 g/mol. The van der Waals surface area contributed by atoms with Gasteiger partial charge in [-0.3, -0.25) is 4.98 Å². The molecule has 1 aromatic heterocycles. The molecule has 2 aromatic carbocycles. The third kappa shape index (κ3) is 4.29. The Kier molecular flexibility index (Phi) is 6.05. The molecule has 0 saturated heterocycles. The van der Waals surface area contributed by atoms with E-state index in [9.17, 15) is 9.50 Å². The average molecular weight is 462 g/mol. The minimum atomic E-state index is -1.38. The fraction of sp³-hybridized carbons (Fsp3) is 0.433. The van der Waals surface area contributed by atoms with E-state index in [4.69, 9.17) is 4.98 Å². The number of alkyl halides is 1. The van der Waals surface area contributed by atoms with E-state index in [-0.39, 0.29) is 17.2 Å². The fourth-order valence-electron chi connectivity index (χ4n) is 5.92. The molecule has 4 heteroatoms. The van der Waals surface area contributed by atoms with Crippen molar-refractivity contribution in [2.75, 3.05) is 0 Å². The maximum atomic E-state index is 16.6. The number of benzene rings is 2. The first-order valence-corrected chi connectivity index (χ1v) is 12.4. The van der Waals surface area contributed by atoms with Crippen LogP contribution in [0.2, 0.25) is 0 Å². The van der Waals surface area contributed by atoms with E-state index >= 15 is 4.39 Å². The summed E-state index contributed by atoms with van der Waals surface area (Å²) >= 11 is 0. The minimum Gasteiger partial charge on any atom is -0.388 e. The Morgan fingerprint density at radius 3 is 2.29 bits per heavy atom. The summed E-state index contributed by atoms with van der Waals surface area (Å²) in [7, 11) is 0. The molecule has 0 spiro atoms. The molecule has 3 aromatic rings. The first kappa shape index (κ1) is 23.2. The first-order valence-electron chi connectivity index (χ1n) is 12.4. The van der Waals surface area contributed by atoms with Crippen molar-refractivity contribution in [1.29, 1.82) is 0 Å². The Morgan fingerprint density at radius 1 is 1.00 bits per heavy atom. The van der Waals surface area contributed by atoms with Crippen LogP contribution in [0, 0.1) is 18.2 Å². The van der Waals surface area contributed by atoms with Gasteiger partial charge < -0.3 is 5.11 Å². The largest absolute Gasteiger partial charge is 0.388 e. The zero-order valence-electron chi connectivity index (χ0n) is 20.2. The van der Waals surface area contributed by atoms with Crippen LogP contribution < -0.4 is 0 Å². The Balaban J connectivity index is 1.82. The van der Waals surface area contributed by atoms with E-state index < -0.39 is 12.3 Å². The molecular formula is C30H33F2NO. The molecule has 2 nitrogen and oxygen atoms in total. The van der Waals surface area contributed by atoms with Gasteiger partial charge in [0.2, 0.25) is 0 Å². The summed E-state index contributed by atoms with van der Waals surface area (Å²) in [5.74, 6) is -0.133. The minimum absolute atomic E-state index is 0.0972. The van der Waals surface area contributed by atoms with E-state index in [0.29, 0.717) is 23.1 Å². The van der Waals surface area contributed by atoms with Gasteiger partial charge in [0, 0.05) is 22.7 Å². The molecule has 1 heterocycles.